The number of imidazole rings is 1. The van der Waals surface area contributed by atoms with Gasteiger partial charge in [0.15, 0.2) is 5.65 Å². The first-order valence-electron chi connectivity index (χ1n) is 13.2. The highest BCUT2D eigenvalue weighted by atomic mass is 16.4. The van der Waals surface area contributed by atoms with Crippen molar-refractivity contribution < 1.29 is 9.90 Å². The number of pyridine rings is 2. The Morgan fingerprint density at radius 1 is 0.846 bits per heavy atom. The van der Waals surface area contributed by atoms with Gasteiger partial charge in [0.2, 0.25) is 0 Å². The van der Waals surface area contributed by atoms with Crippen LogP contribution < -0.4 is 0 Å². The van der Waals surface area contributed by atoms with Crippen LogP contribution in [0.1, 0.15) is 41.5 Å². The van der Waals surface area contributed by atoms with Gasteiger partial charge in [-0.05, 0) is 53.9 Å². The van der Waals surface area contributed by atoms with Crippen molar-refractivity contribution in [1.82, 2.24) is 19.5 Å². The van der Waals surface area contributed by atoms with Crippen molar-refractivity contribution in [3.63, 3.8) is 0 Å². The Morgan fingerprint density at radius 3 is 2.49 bits per heavy atom. The minimum absolute atomic E-state index is 0.234. The normalized spacial score (nSPS) is 11.3. The number of aromatic carboxylic acids is 1. The Hall–Kier alpha value is -4.84. The Bertz CT molecular complexity index is 1810. The van der Waals surface area contributed by atoms with Crippen LogP contribution in [-0.4, -0.2) is 30.6 Å². The molecule has 0 spiro atoms. The second kappa shape index (κ2) is 10.5. The number of fused-ring (bicyclic) bond motifs is 2. The molecule has 192 valence electrons. The summed E-state index contributed by atoms with van der Waals surface area (Å²) < 4.78 is 2.22. The zero-order chi connectivity index (χ0) is 26.8. The van der Waals surface area contributed by atoms with Gasteiger partial charge in [0, 0.05) is 29.1 Å². The number of benzene rings is 3. The summed E-state index contributed by atoms with van der Waals surface area (Å²) in [6, 6.07) is 29.4. The number of aromatic nitrogens is 4. The third-order valence-corrected chi connectivity index (χ3v) is 7.05. The molecular weight excluding hydrogens is 484 g/mol. The molecule has 3 aromatic carbocycles. The number of carboxylic acid groups (broad SMARTS) is 1. The van der Waals surface area contributed by atoms with E-state index in [1.54, 1.807) is 12.1 Å². The summed E-state index contributed by atoms with van der Waals surface area (Å²) in [4.78, 5) is 26.6. The minimum atomic E-state index is -0.970. The smallest absolute Gasteiger partial charge is 0.336 e. The zero-order valence-corrected chi connectivity index (χ0v) is 21.7. The number of hydrogen-bond acceptors (Lipinski definition) is 4. The van der Waals surface area contributed by atoms with Gasteiger partial charge < -0.3 is 9.67 Å². The van der Waals surface area contributed by atoms with Crippen molar-refractivity contribution >= 4 is 28.0 Å². The summed E-state index contributed by atoms with van der Waals surface area (Å²) in [5.74, 6) is 0.0799. The van der Waals surface area contributed by atoms with Crippen LogP contribution in [-0.2, 0) is 13.0 Å². The number of nitrogens with zero attached hydrogens (tertiary/aromatic N) is 4. The summed E-state index contributed by atoms with van der Waals surface area (Å²) in [5, 5.41) is 10.9. The number of unbranched alkanes of at least 4 members (excludes halogenated alkanes) is 1. The molecular formula is C33H28N4O2. The summed E-state index contributed by atoms with van der Waals surface area (Å²) >= 11 is 0. The third kappa shape index (κ3) is 4.77. The summed E-state index contributed by atoms with van der Waals surface area (Å²) in [6.07, 6.45) is 4.91. The maximum absolute atomic E-state index is 12.0. The fraction of sp³-hybridized carbons (Fsp3) is 0.152. The van der Waals surface area contributed by atoms with Gasteiger partial charge in [-0.15, -0.1) is 0 Å². The topological polar surface area (TPSA) is 80.9 Å². The molecule has 3 aromatic heterocycles. The van der Waals surface area contributed by atoms with Crippen LogP contribution in [0, 0.1) is 0 Å². The molecule has 6 nitrogen and oxygen atoms in total. The van der Waals surface area contributed by atoms with E-state index in [2.05, 4.69) is 34.7 Å². The van der Waals surface area contributed by atoms with Crippen LogP contribution >= 0.6 is 0 Å². The molecule has 0 aliphatic rings. The first kappa shape index (κ1) is 24.5. The Morgan fingerprint density at radius 2 is 1.67 bits per heavy atom. The van der Waals surface area contributed by atoms with Crippen molar-refractivity contribution in [1.29, 1.82) is 0 Å². The lowest BCUT2D eigenvalue weighted by molar-refractivity contribution is 0.0697. The van der Waals surface area contributed by atoms with Crippen LogP contribution in [0.4, 0.5) is 0 Å². The van der Waals surface area contributed by atoms with Gasteiger partial charge in [0.25, 0.3) is 0 Å². The van der Waals surface area contributed by atoms with Gasteiger partial charge in [-0.2, -0.15) is 0 Å². The Balaban J connectivity index is 1.49. The minimum Gasteiger partial charge on any atom is -0.478 e. The van der Waals surface area contributed by atoms with Gasteiger partial charge in [0.05, 0.1) is 23.3 Å². The third-order valence-electron chi connectivity index (χ3n) is 7.05. The molecule has 39 heavy (non-hydrogen) atoms. The van der Waals surface area contributed by atoms with Crippen LogP contribution in [0.5, 0.6) is 0 Å². The standard InChI is InChI=1S/C33H28N4O2/c1-2-3-15-30-35-29-14-9-18-34-32(29)37(30)21-22-16-17-28-24(19-22)20-27(23-10-5-4-6-11-23)31(36-28)25-12-7-8-13-26(25)33(38)39/h4-14,16-20H,2-3,15,21H2,1H3,(H,38,39). The first-order valence-corrected chi connectivity index (χ1v) is 13.2. The Kier molecular flexibility index (Phi) is 6.59. The Labute approximate surface area is 226 Å². The van der Waals surface area contributed by atoms with E-state index in [1.165, 1.54) is 0 Å². The highest BCUT2D eigenvalue weighted by molar-refractivity contribution is 6.00. The number of hydrogen-bond donors (Lipinski definition) is 1. The quantitative estimate of drug-likeness (QED) is 0.230. The molecule has 6 heteroatoms. The molecule has 3 heterocycles. The van der Waals surface area contributed by atoms with Crippen molar-refractivity contribution in [2.75, 3.05) is 0 Å². The maximum atomic E-state index is 12.0. The SMILES string of the molecule is CCCCc1nc2cccnc2n1Cc1ccc2nc(-c3ccccc3C(=O)O)c(-c3ccccc3)cc2c1. The molecule has 0 bridgehead atoms. The van der Waals surface area contributed by atoms with Crippen molar-refractivity contribution in [3.05, 3.63) is 114 Å². The van der Waals surface area contributed by atoms with E-state index in [9.17, 15) is 9.90 Å². The zero-order valence-electron chi connectivity index (χ0n) is 21.7. The van der Waals surface area contributed by atoms with Crippen LogP contribution in [0.3, 0.4) is 0 Å². The second-order valence-electron chi connectivity index (χ2n) is 9.69. The lowest BCUT2D eigenvalue weighted by Crippen LogP contribution is -2.06. The number of carboxylic acids is 1. The van der Waals surface area contributed by atoms with Crippen molar-refractivity contribution in [2.45, 2.75) is 32.7 Å². The molecule has 0 atom stereocenters. The predicted molar refractivity (Wildman–Crippen MR) is 155 cm³/mol. The van der Waals surface area contributed by atoms with E-state index in [4.69, 9.17) is 9.97 Å². The molecule has 0 aliphatic carbocycles. The average Bonchev–Trinajstić information content (AvgIpc) is 3.32. The van der Waals surface area contributed by atoms with Crippen LogP contribution in [0.25, 0.3) is 44.5 Å². The summed E-state index contributed by atoms with van der Waals surface area (Å²) in [7, 11) is 0. The number of aryl methyl sites for hydroxylation is 1. The van der Waals surface area contributed by atoms with Crippen molar-refractivity contribution in [3.8, 4) is 22.4 Å². The molecule has 0 unspecified atom stereocenters. The monoisotopic (exact) mass is 512 g/mol. The first-order chi connectivity index (χ1) is 19.1. The van der Waals surface area contributed by atoms with Gasteiger partial charge >= 0.3 is 5.97 Å². The molecule has 0 saturated carbocycles. The lowest BCUT2D eigenvalue weighted by Gasteiger charge is -2.14. The second-order valence-corrected chi connectivity index (χ2v) is 9.69. The van der Waals surface area contributed by atoms with E-state index in [0.29, 0.717) is 17.8 Å². The van der Waals surface area contributed by atoms with E-state index in [-0.39, 0.29) is 5.56 Å². The van der Waals surface area contributed by atoms with Gasteiger partial charge in [-0.25, -0.2) is 19.7 Å². The molecule has 6 aromatic rings. The van der Waals surface area contributed by atoms with E-state index in [1.807, 2.05) is 66.9 Å². The number of rotatable bonds is 8. The molecule has 0 radical (unpaired) electrons. The summed E-state index contributed by atoms with van der Waals surface area (Å²) in [6.45, 7) is 2.85. The number of carbonyl (C=O) groups is 1. The van der Waals surface area contributed by atoms with E-state index >= 15 is 0 Å². The van der Waals surface area contributed by atoms with Crippen molar-refractivity contribution in [2.24, 2.45) is 0 Å². The largest absolute Gasteiger partial charge is 0.478 e. The molecule has 0 saturated heterocycles. The van der Waals surface area contributed by atoms with Crippen LogP contribution in [0.2, 0.25) is 0 Å². The molecule has 0 aliphatic heterocycles. The lowest BCUT2D eigenvalue weighted by atomic mass is 9.94. The molecule has 6 rings (SSSR count). The van der Waals surface area contributed by atoms with Gasteiger partial charge in [-0.1, -0.05) is 67.9 Å². The highest BCUT2D eigenvalue weighted by Crippen LogP contribution is 2.35. The van der Waals surface area contributed by atoms with Gasteiger partial charge in [0.1, 0.15) is 11.3 Å². The molecule has 0 amide bonds. The average molecular weight is 513 g/mol. The van der Waals surface area contributed by atoms with Crippen LogP contribution in [0.15, 0.2) is 97.2 Å². The fourth-order valence-electron chi connectivity index (χ4n) is 5.12. The summed E-state index contributed by atoms with van der Waals surface area (Å²) in [5.41, 5.74) is 7.13. The highest BCUT2D eigenvalue weighted by Gasteiger charge is 2.18. The van der Waals surface area contributed by atoms with E-state index in [0.717, 1.165) is 63.8 Å². The maximum Gasteiger partial charge on any atom is 0.336 e. The molecule has 0 fully saturated rings. The predicted octanol–water partition coefficient (Wildman–Crippen LogP) is 7.40. The van der Waals surface area contributed by atoms with E-state index < -0.39 is 5.97 Å². The van der Waals surface area contributed by atoms with Gasteiger partial charge in [-0.3, -0.25) is 0 Å². The molecule has 1 N–H and O–H groups in total. The fourth-order valence-corrected chi connectivity index (χ4v) is 5.12.